The fourth-order valence-corrected chi connectivity index (χ4v) is 0.838. The van der Waals surface area contributed by atoms with Crippen LogP contribution in [0.25, 0.3) is 0 Å². The van der Waals surface area contributed by atoms with Gasteiger partial charge in [0, 0.05) is 0 Å². The lowest BCUT2D eigenvalue weighted by Gasteiger charge is -2.01. The highest BCUT2D eigenvalue weighted by Crippen LogP contribution is 2.11. The van der Waals surface area contributed by atoms with Gasteiger partial charge in [0.1, 0.15) is 0 Å². The highest BCUT2D eigenvalue weighted by Gasteiger charge is 1.93. The molecule has 0 spiro atoms. The number of hydrogen-bond acceptors (Lipinski definition) is 1. The number of rotatable bonds is 1. The molecular formula is C9H15O3P. The van der Waals surface area contributed by atoms with Gasteiger partial charge in [0.15, 0.2) is 0 Å². The molecule has 1 aromatic carbocycles. The first-order valence-electron chi connectivity index (χ1n) is 4.01. The van der Waals surface area contributed by atoms with E-state index in [0.717, 1.165) is 0 Å². The maximum absolute atomic E-state index is 8.74. The minimum atomic E-state index is -3.13. The van der Waals surface area contributed by atoms with Crippen LogP contribution in [-0.2, 0) is 4.57 Å². The van der Waals surface area contributed by atoms with Crippen LogP contribution in [0, 0.1) is 0 Å². The molecule has 0 aliphatic heterocycles. The third-order valence-corrected chi connectivity index (χ3v) is 1.47. The van der Waals surface area contributed by atoms with Crippen molar-refractivity contribution in [2.45, 2.75) is 19.8 Å². The summed E-state index contributed by atoms with van der Waals surface area (Å²) < 4.78 is 8.74. The zero-order valence-electron chi connectivity index (χ0n) is 7.77. The molecule has 74 valence electrons. The SMILES string of the molecule is CC(C)c1ccccc1.O=[PH](O)O. The average molecular weight is 202 g/mol. The summed E-state index contributed by atoms with van der Waals surface area (Å²) in [7, 11) is -3.13. The zero-order chi connectivity index (χ0) is 10.3. The van der Waals surface area contributed by atoms with Crippen molar-refractivity contribution in [2.75, 3.05) is 0 Å². The lowest BCUT2D eigenvalue weighted by molar-refractivity contribution is 0.405. The van der Waals surface area contributed by atoms with E-state index in [1.165, 1.54) is 5.56 Å². The van der Waals surface area contributed by atoms with Gasteiger partial charge in [-0.25, -0.2) is 0 Å². The van der Waals surface area contributed by atoms with Crippen molar-refractivity contribution < 1.29 is 14.4 Å². The third kappa shape index (κ3) is 7.72. The van der Waals surface area contributed by atoms with Gasteiger partial charge >= 0.3 is 8.25 Å². The van der Waals surface area contributed by atoms with Gasteiger partial charge in [-0.3, -0.25) is 4.57 Å². The first-order chi connectivity index (χ1) is 6.04. The van der Waals surface area contributed by atoms with Crippen molar-refractivity contribution in [1.29, 1.82) is 0 Å². The van der Waals surface area contributed by atoms with Gasteiger partial charge in [-0.2, -0.15) is 0 Å². The molecule has 0 aromatic heterocycles. The summed E-state index contributed by atoms with van der Waals surface area (Å²) in [6.45, 7) is 4.41. The molecular weight excluding hydrogens is 187 g/mol. The molecule has 0 saturated carbocycles. The predicted molar refractivity (Wildman–Crippen MR) is 54.0 cm³/mol. The Morgan fingerprint density at radius 2 is 1.54 bits per heavy atom. The lowest BCUT2D eigenvalue weighted by Crippen LogP contribution is -1.83. The smallest absolute Gasteiger partial charge is 0.314 e. The van der Waals surface area contributed by atoms with Crippen LogP contribution in [0.15, 0.2) is 30.3 Å². The van der Waals surface area contributed by atoms with Crippen molar-refractivity contribution >= 4 is 8.25 Å². The number of benzene rings is 1. The van der Waals surface area contributed by atoms with Crippen LogP contribution < -0.4 is 0 Å². The molecule has 0 amide bonds. The summed E-state index contributed by atoms with van der Waals surface area (Å²) in [6.07, 6.45) is 0. The van der Waals surface area contributed by atoms with Crippen LogP contribution in [0.3, 0.4) is 0 Å². The summed E-state index contributed by atoms with van der Waals surface area (Å²) in [5.41, 5.74) is 1.41. The molecule has 2 N–H and O–H groups in total. The molecule has 0 saturated heterocycles. The van der Waals surface area contributed by atoms with E-state index in [9.17, 15) is 0 Å². The number of hydrogen-bond donors (Lipinski definition) is 2. The molecule has 0 bridgehead atoms. The molecule has 1 rings (SSSR count). The average Bonchev–Trinajstić information content (AvgIpc) is 2.05. The molecule has 0 aliphatic rings. The predicted octanol–water partition coefficient (Wildman–Crippen LogP) is 2.17. The lowest BCUT2D eigenvalue weighted by atomic mass is 10.0. The van der Waals surface area contributed by atoms with Crippen molar-refractivity contribution in [1.82, 2.24) is 0 Å². The Balaban J connectivity index is 0.000000310. The molecule has 1 aromatic rings. The second kappa shape index (κ2) is 6.84. The topological polar surface area (TPSA) is 57.5 Å². The largest absolute Gasteiger partial charge is 0.326 e. The van der Waals surface area contributed by atoms with Gasteiger partial charge in [-0.15, -0.1) is 0 Å². The molecule has 4 heteroatoms. The Hall–Kier alpha value is -0.630. The Bertz CT molecular complexity index is 242. The molecule has 13 heavy (non-hydrogen) atoms. The molecule has 0 radical (unpaired) electrons. The summed E-state index contributed by atoms with van der Waals surface area (Å²) in [5.74, 6) is 0.659. The highest BCUT2D eigenvalue weighted by molar-refractivity contribution is 7.30. The molecule has 0 unspecified atom stereocenters. The summed E-state index contributed by atoms with van der Waals surface area (Å²) in [5, 5.41) is 0. The summed E-state index contributed by atoms with van der Waals surface area (Å²) in [4.78, 5) is 14.3. The maximum Gasteiger partial charge on any atom is 0.314 e. The van der Waals surface area contributed by atoms with Crippen molar-refractivity contribution in [3.63, 3.8) is 0 Å². The van der Waals surface area contributed by atoms with E-state index in [-0.39, 0.29) is 0 Å². The van der Waals surface area contributed by atoms with Gasteiger partial charge in [0.05, 0.1) is 0 Å². The van der Waals surface area contributed by atoms with Crippen LogP contribution in [0.4, 0.5) is 0 Å². The van der Waals surface area contributed by atoms with Crippen LogP contribution >= 0.6 is 8.25 Å². The Morgan fingerprint density at radius 3 is 1.77 bits per heavy atom. The van der Waals surface area contributed by atoms with E-state index in [1.807, 2.05) is 6.07 Å². The fraction of sp³-hybridized carbons (Fsp3) is 0.333. The zero-order valence-corrected chi connectivity index (χ0v) is 8.77. The molecule has 0 fully saturated rings. The van der Waals surface area contributed by atoms with E-state index in [4.69, 9.17) is 14.4 Å². The van der Waals surface area contributed by atoms with Crippen LogP contribution in [-0.4, -0.2) is 9.79 Å². The Morgan fingerprint density at radius 1 is 1.15 bits per heavy atom. The van der Waals surface area contributed by atoms with Gasteiger partial charge in [0.25, 0.3) is 0 Å². The van der Waals surface area contributed by atoms with Gasteiger partial charge < -0.3 is 9.79 Å². The quantitative estimate of drug-likeness (QED) is 0.686. The fourth-order valence-electron chi connectivity index (χ4n) is 0.838. The third-order valence-electron chi connectivity index (χ3n) is 1.47. The monoisotopic (exact) mass is 202 g/mol. The van der Waals surface area contributed by atoms with Crippen molar-refractivity contribution in [3.8, 4) is 0 Å². The van der Waals surface area contributed by atoms with E-state index in [1.54, 1.807) is 0 Å². The van der Waals surface area contributed by atoms with E-state index in [0.29, 0.717) is 5.92 Å². The van der Waals surface area contributed by atoms with Gasteiger partial charge in [-0.05, 0) is 11.5 Å². The summed E-state index contributed by atoms with van der Waals surface area (Å²) in [6, 6.07) is 10.5. The Labute approximate surface area is 79.0 Å². The van der Waals surface area contributed by atoms with Gasteiger partial charge in [0.2, 0.25) is 0 Å². The van der Waals surface area contributed by atoms with Crippen molar-refractivity contribution in [3.05, 3.63) is 35.9 Å². The highest BCUT2D eigenvalue weighted by atomic mass is 31.1. The minimum absolute atomic E-state index is 0.659. The second-order valence-electron chi connectivity index (χ2n) is 2.85. The first kappa shape index (κ1) is 12.4. The van der Waals surface area contributed by atoms with Crippen molar-refractivity contribution in [2.24, 2.45) is 0 Å². The first-order valence-corrected chi connectivity index (χ1v) is 5.31. The van der Waals surface area contributed by atoms with Gasteiger partial charge in [-0.1, -0.05) is 44.2 Å². The standard InChI is InChI=1S/C9H12.H3O3P/c1-8(2)9-6-4-3-5-7-9;1-4(2)3/h3-8H,1-2H3;4H,(H2,1,2,3). The second-order valence-corrected chi connectivity index (χ2v) is 3.41. The maximum atomic E-state index is 8.74. The molecule has 0 heterocycles. The molecule has 0 atom stereocenters. The van der Waals surface area contributed by atoms with E-state index < -0.39 is 8.25 Å². The molecule has 3 nitrogen and oxygen atoms in total. The van der Waals surface area contributed by atoms with Crippen LogP contribution in [0.1, 0.15) is 25.3 Å². The minimum Gasteiger partial charge on any atom is -0.326 e. The molecule has 0 aliphatic carbocycles. The van der Waals surface area contributed by atoms with Crippen LogP contribution in [0.2, 0.25) is 0 Å². The van der Waals surface area contributed by atoms with Crippen LogP contribution in [0.5, 0.6) is 0 Å². The Kier molecular flexibility index (Phi) is 6.51. The summed E-state index contributed by atoms with van der Waals surface area (Å²) >= 11 is 0. The normalized spacial score (nSPS) is 9.69. The van der Waals surface area contributed by atoms with E-state index >= 15 is 0 Å². The van der Waals surface area contributed by atoms with E-state index in [2.05, 4.69) is 38.1 Å².